The summed E-state index contributed by atoms with van der Waals surface area (Å²) < 4.78 is 11.2. The maximum atomic E-state index is 8.91. The summed E-state index contributed by atoms with van der Waals surface area (Å²) in [6.45, 7) is 0.633. The van der Waals surface area contributed by atoms with Gasteiger partial charge in [0, 0.05) is 12.6 Å². The van der Waals surface area contributed by atoms with Crippen LogP contribution in [0.4, 0.5) is 0 Å². The zero-order valence-corrected chi connectivity index (χ0v) is 14.1. The first-order valence-electron chi connectivity index (χ1n) is 7.45. The van der Waals surface area contributed by atoms with Crippen LogP contribution in [0.5, 0.6) is 11.5 Å². The molecule has 0 aromatic heterocycles. The summed E-state index contributed by atoms with van der Waals surface area (Å²) in [5, 5.41) is 8.91. The summed E-state index contributed by atoms with van der Waals surface area (Å²) in [6, 6.07) is 15.6. The molecule has 0 bridgehead atoms. The van der Waals surface area contributed by atoms with Crippen LogP contribution in [0.15, 0.2) is 48.5 Å². The lowest BCUT2D eigenvalue weighted by molar-refractivity contribution is 0.278. The molecule has 2 aromatic rings. The zero-order chi connectivity index (χ0) is 15.8. The molecule has 2 aromatic carbocycles. The highest BCUT2D eigenvalue weighted by Crippen LogP contribution is 2.31. The number of halogens is 1. The number of hydrogen-bond donors (Lipinski definition) is 2. The van der Waals surface area contributed by atoms with Gasteiger partial charge in [0.15, 0.2) is 11.5 Å². The van der Waals surface area contributed by atoms with Gasteiger partial charge in [-0.15, -0.1) is 12.4 Å². The predicted octanol–water partition coefficient (Wildman–Crippen LogP) is 3.47. The fraction of sp³-hybridized carbons (Fsp3) is 0.333. The highest BCUT2D eigenvalue weighted by Gasteiger charge is 2.11. The quantitative estimate of drug-likeness (QED) is 0.774. The monoisotopic (exact) mass is 337 g/mol. The van der Waals surface area contributed by atoms with Crippen LogP contribution >= 0.6 is 12.4 Å². The maximum absolute atomic E-state index is 8.91. The molecule has 3 N–H and O–H groups in total. The second kappa shape index (κ2) is 10.1. The first-order chi connectivity index (χ1) is 10.7. The van der Waals surface area contributed by atoms with E-state index in [4.69, 9.17) is 20.3 Å². The molecule has 0 heterocycles. The predicted molar refractivity (Wildman–Crippen MR) is 94.3 cm³/mol. The first kappa shape index (κ1) is 19.3. The fourth-order valence-corrected chi connectivity index (χ4v) is 2.25. The molecule has 0 unspecified atom stereocenters. The Bertz CT molecular complexity index is 578. The Kier molecular flexibility index (Phi) is 8.48. The normalized spacial score (nSPS) is 11.4. The molecule has 126 valence electrons. The smallest absolute Gasteiger partial charge is 0.161 e. The number of hydrogen-bond acceptors (Lipinski definition) is 4. The highest BCUT2D eigenvalue weighted by molar-refractivity contribution is 5.85. The molecule has 0 saturated carbocycles. The third kappa shape index (κ3) is 5.75. The summed E-state index contributed by atoms with van der Waals surface area (Å²) in [4.78, 5) is 0. The second-order valence-corrected chi connectivity index (χ2v) is 5.16. The van der Waals surface area contributed by atoms with Gasteiger partial charge in [0.25, 0.3) is 0 Å². The van der Waals surface area contributed by atoms with Gasteiger partial charge in [-0.05, 0) is 36.1 Å². The van der Waals surface area contributed by atoms with Crippen LogP contribution in [0.25, 0.3) is 0 Å². The molecule has 0 saturated heterocycles. The summed E-state index contributed by atoms with van der Waals surface area (Å²) >= 11 is 0. The molecule has 0 radical (unpaired) electrons. The minimum absolute atomic E-state index is 0. The Balaban J connectivity index is 0.00000264. The SMILES string of the molecule is COc1ccc([C@H](N)CCCO)cc1OCc1ccccc1.Cl. The van der Waals surface area contributed by atoms with E-state index in [0.29, 0.717) is 24.5 Å². The Morgan fingerprint density at radius 3 is 2.48 bits per heavy atom. The van der Waals surface area contributed by atoms with Crippen molar-refractivity contribution in [3.63, 3.8) is 0 Å². The Labute approximate surface area is 143 Å². The lowest BCUT2D eigenvalue weighted by Gasteiger charge is -2.16. The van der Waals surface area contributed by atoms with Crippen molar-refractivity contribution in [2.24, 2.45) is 5.73 Å². The van der Waals surface area contributed by atoms with Crippen molar-refractivity contribution in [1.82, 2.24) is 0 Å². The van der Waals surface area contributed by atoms with Crippen molar-refractivity contribution in [2.75, 3.05) is 13.7 Å². The van der Waals surface area contributed by atoms with E-state index in [2.05, 4.69) is 0 Å². The van der Waals surface area contributed by atoms with Gasteiger partial charge < -0.3 is 20.3 Å². The van der Waals surface area contributed by atoms with Crippen LogP contribution in [-0.2, 0) is 6.61 Å². The van der Waals surface area contributed by atoms with E-state index >= 15 is 0 Å². The Morgan fingerprint density at radius 2 is 1.83 bits per heavy atom. The molecule has 0 aliphatic rings. The van der Waals surface area contributed by atoms with Gasteiger partial charge in [-0.1, -0.05) is 36.4 Å². The van der Waals surface area contributed by atoms with Gasteiger partial charge in [-0.25, -0.2) is 0 Å². The van der Waals surface area contributed by atoms with Crippen LogP contribution in [0.1, 0.15) is 30.0 Å². The summed E-state index contributed by atoms with van der Waals surface area (Å²) in [6.07, 6.45) is 1.42. The van der Waals surface area contributed by atoms with E-state index < -0.39 is 0 Å². The average Bonchev–Trinajstić information content (AvgIpc) is 2.58. The van der Waals surface area contributed by atoms with Gasteiger partial charge in [0.1, 0.15) is 6.61 Å². The van der Waals surface area contributed by atoms with Gasteiger partial charge in [-0.3, -0.25) is 0 Å². The Morgan fingerprint density at radius 1 is 1.09 bits per heavy atom. The molecule has 0 spiro atoms. The number of aliphatic hydroxyl groups excluding tert-OH is 1. The lowest BCUT2D eigenvalue weighted by atomic mass is 10.0. The lowest BCUT2D eigenvalue weighted by Crippen LogP contribution is -2.11. The molecule has 23 heavy (non-hydrogen) atoms. The van der Waals surface area contributed by atoms with Crippen LogP contribution in [0.3, 0.4) is 0 Å². The number of ether oxygens (including phenoxy) is 2. The van der Waals surface area contributed by atoms with Gasteiger partial charge in [-0.2, -0.15) is 0 Å². The average molecular weight is 338 g/mol. The number of aliphatic hydroxyl groups is 1. The van der Waals surface area contributed by atoms with Crippen molar-refractivity contribution in [2.45, 2.75) is 25.5 Å². The summed E-state index contributed by atoms with van der Waals surface area (Å²) in [7, 11) is 1.62. The van der Waals surface area contributed by atoms with Gasteiger partial charge >= 0.3 is 0 Å². The summed E-state index contributed by atoms with van der Waals surface area (Å²) in [5.41, 5.74) is 8.22. The minimum atomic E-state index is -0.114. The van der Waals surface area contributed by atoms with E-state index in [9.17, 15) is 0 Å². The fourth-order valence-electron chi connectivity index (χ4n) is 2.25. The van der Waals surface area contributed by atoms with Gasteiger partial charge in [0.2, 0.25) is 0 Å². The topological polar surface area (TPSA) is 64.7 Å². The molecule has 0 aliphatic carbocycles. The molecule has 0 fully saturated rings. The van der Waals surface area contributed by atoms with Crippen molar-refractivity contribution in [3.05, 3.63) is 59.7 Å². The van der Waals surface area contributed by atoms with E-state index in [1.807, 2.05) is 48.5 Å². The molecule has 4 nitrogen and oxygen atoms in total. The molecule has 2 rings (SSSR count). The number of benzene rings is 2. The third-order valence-electron chi connectivity index (χ3n) is 3.53. The van der Waals surface area contributed by atoms with E-state index in [-0.39, 0.29) is 25.1 Å². The first-order valence-corrected chi connectivity index (χ1v) is 7.45. The van der Waals surface area contributed by atoms with Crippen molar-refractivity contribution in [1.29, 1.82) is 0 Å². The molecule has 1 atom stereocenters. The van der Waals surface area contributed by atoms with Crippen molar-refractivity contribution >= 4 is 12.4 Å². The van der Waals surface area contributed by atoms with Gasteiger partial charge in [0.05, 0.1) is 7.11 Å². The van der Waals surface area contributed by atoms with E-state index in [1.165, 1.54) is 0 Å². The Hall–Kier alpha value is -1.75. The molecular formula is C18H24ClNO3. The number of methoxy groups -OCH3 is 1. The number of nitrogens with two attached hydrogens (primary N) is 1. The van der Waals surface area contributed by atoms with Crippen LogP contribution in [-0.4, -0.2) is 18.8 Å². The highest BCUT2D eigenvalue weighted by atomic mass is 35.5. The third-order valence-corrected chi connectivity index (χ3v) is 3.53. The zero-order valence-electron chi connectivity index (χ0n) is 13.3. The van der Waals surface area contributed by atoms with Crippen molar-refractivity contribution < 1.29 is 14.6 Å². The number of rotatable bonds is 8. The van der Waals surface area contributed by atoms with E-state index in [0.717, 1.165) is 17.5 Å². The summed E-state index contributed by atoms with van der Waals surface area (Å²) in [5.74, 6) is 1.37. The molecule has 0 aliphatic heterocycles. The second-order valence-electron chi connectivity index (χ2n) is 5.16. The van der Waals surface area contributed by atoms with Crippen LogP contribution in [0.2, 0.25) is 0 Å². The molecule has 0 amide bonds. The molecular weight excluding hydrogens is 314 g/mol. The largest absolute Gasteiger partial charge is 0.493 e. The van der Waals surface area contributed by atoms with Crippen LogP contribution in [0, 0.1) is 0 Å². The van der Waals surface area contributed by atoms with Crippen LogP contribution < -0.4 is 15.2 Å². The standard InChI is InChI=1S/C18H23NO3.ClH/c1-21-17-10-9-15(16(19)8-5-11-20)12-18(17)22-13-14-6-3-2-4-7-14;/h2-4,6-7,9-10,12,16,20H,5,8,11,13,19H2,1H3;1H/t16-;/m1./s1. The molecule has 5 heteroatoms. The minimum Gasteiger partial charge on any atom is -0.493 e. The van der Waals surface area contributed by atoms with E-state index in [1.54, 1.807) is 7.11 Å². The van der Waals surface area contributed by atoms with Crippen molar-refractivity contribution in [3.8, 4) is 11.5 Å². The maximum Gasteiger partial charge on any atom is 0.161 e.